The molecule has 0 saturated heterocycles. The van der Waals surface area contributed by atoms with Crippen molar-refractivity contribution in [3.8, 4) is 0 Å². The molecule has 1 unspecified atom stereocenters. The van der Waals surface area contributed by atoms with Gasteiger partial charge >= 0.3 is 5.97 Å². The van der Waals surface area contributed by atoms with Crippen LogP contribution < -0.4 is 0 Å². The van der Waals surface area contributed by atoms with Crippen LogP contribution >= 0.6 is 0 Å². The second kappa shape index (κ2) is 17.8. The van der Waals surface area contributed by atoms with E-state index in [-0.39, 0.29) is 18.7 Å². The first kappa shape index (κ1) is 27.2. The van der Waals surface area contributed by atoms with Crippen molar-refractivity contribution in [1.82, 2.24) is 0 Å². The number of hydrogen-bond acceptors (Lipinski definition) is 9. The Morgan fingerprint density at radius 3 is 2.00 bits per heavy atom. The molecule has 1 fully saturated rings. The Bertz CT molecular complexity index is 415. The molecule has 1 aliphatic rings. The highest BCUT2D eigenvalue weighted by molar-refractivity contribution is 5.80. The van der Waals surface area contributed by atoms with Crippen LogP contribution in [0.2, 0.25) is 0 Å². The molecule has 178 valence electrons. The second-order valence-electron chi connectivity index (χ2n) is 7.00. The standard InChI is InChI=1S/C21H40O9/c1-4-24-10-13-28-16-19(29-15-14-27-12-11-26-9-8-23-3)17-30-20(22)21(6-7-21)18-25-5-2/h19H,4-18H2,1-3H3. The third-order valence-electron chi connectivity index (χ3n) is 4.53. The van der Waals surface area contributed by atoms with Crippen molar-refractivity contribution in [3.63, 3.8) is 0 Å². The molecule has 0 aromatic carbocycles. The Kier molecular flexibility index (Phi) is 16.2. The quantitative estimate of drug-likeness (QED) is 0.185. The van der Waals surface area contributed by atoms with Gasteiger partial charge in [0, 0.05) is 20.3 Å². The van der Waals surface area contributed by atoms with Crippen molar-refractivity contribution < 1.29 is 42.7 Å². The summed E-state index contributed by atoms with van der Waals surface area (Å²) in [5, 5.41) is 0. The summed E-state index contributed by atoms with van der Waals surface area (Å²) in [5.41, 5.74) is -0.470. The van der Waals surface area contributed by atoms with E-state index in [4.69, 9.17) is 37.9 Å². The summed E-state index contributed by atoms with van der Waals surface area (Å²) < 4.78 is 43.3. The fraction of sp³-hybridized carbons (Fsp3) is 0.952. The van der Waals surface area contributed by atoms with Gasteiger partial charge in [-0.3, -0.25) is 4.79 Å². The number of esters is 1. The average molecular weight is 437 g/mol. The summed E-state index contributed by atoms with van der Waals surface area (Å²) in [6.07, 6.45) is 1.25. The van der Waals surface area contributed by atoms with Gasteiger partial charge in [0.1, 0.15) is 12.7 Å². The lowest BCUT2D eigenvalue weighted by molar-refractivity contribution is -0.159. The van der Waals surface area contributed by atoms with E-state index in [1.165, 1.54) is 0 Å². The van der Waals surface area contributed by atoms with E-state index < -0.39 is 5.41 Å². The minimum absolute atomic E-state index is 0.140. The third-order valence-corrected chi connectivity index (χ3v) is 4.53. The Morgan fingerprint density at radius 2 is 1.37 bits per heavy atom. The molecule has 1 saturated carbocycles. The summed E-state index contributed by atoms with van der Waals surface area (Å²) in [4.78, 5) is 12.4. The maximum atomic E-state index is 12.4. The van der Waals surface area contributed by atoms with Crippen LogP contribution in [0.4, 0.5) is 0 Å². The molecule has 0 aliphatic heterocycles. The van der Waals surface area contributed by atoms with Crippen LogP contribution in [-0.2, 0) is 42.7 Å². The molecule has 0 bridgehead atoms. The van der Waals surface area contributed by atoms with E-state index in [0.29, 0.717) is 79.3 Å². The van der Waals surface area contributed by atoms with E-state index in [0.717, 1.165) is 12.8 Å². The number of carbonyl (C=O) groups excluding carboxylic acids is 1. The van der Waals surface area contributed by atoms with E-state index in [2.05, 4.69) is 0 Å². The molecule has 9 heteroatoms. The van der Waals surface area contributed by atoms with E-state index in [9.17, 15) is 4.79 Å². The molecule has 9 nitrogen and oxygen atoms in total. The maximum Gasteiger partial charge on any atom is 0.314 e. The number of methoxy groups -OCH3 is 1. The van der Waals surface area contributed by atoms with Crippen molar-refractivity contribution >= 4 is 5.97 Å². The zero-order valence-electron chi connectivity index (χ0n) is 18.9. The Morgan fingerprint density at radius 1 is 0.767 bits per heavy atom. The lowest BCUT2D eigenvalue weighted by Gasteiger charge is -2.20. The van der Waals surface area contributed by atoms with Gasteiger partial charge in [-0.05, 0) is 26.7 Å². The highest BCUT2D eigenvalue weighted by Crippen LogP contribution is 2.47. The van der Waals surface area contributed by atoms with Crippen molar-refractivity contribution in [1.29, 1.82) is 0 Å². The van der Waals surface area contributed by atoms with Crippen molar-refractivity contribution in [2.24, 2.45) is 5.41 Å². The first-order valence-corrected chi connectivity index (χ1v) is 10.8. The number of ether oxygens (including phenoxy) is 8. The van der Waals surface area contributed by atoms with Crippen LogP contribution in [-0.4, -0.2) is 105 Å². The number of rotatable bonds is 22. The van der Waals surface area contributed by atoms with Gasteiger partial charge < -0.3 is 37.9 Å². The normalized spacial score (nSPS) is 15.8. The van der Waals surface area contributed by atoms with Gasteiger partial charge in [-0.15, -0.1) is 0 Å². The molecule has 0 aromatic rings. The monoisotopic (exact) mass is 436 g/mol. The first-order valence-electron chi connectivity index (χ1n) is 10.8. The Balaban J connectivity index is 2.24. The van der Waals surface area contributed by atoms with Crippen molar-refractivity contribution in [2.75, 3.05) is 93.0 Å². The van der Waals surface area contributed by atoms with Crippen LogP contribution in [0.3, 0.4) is 0 Å². The molecule has 1 atom stereocenters. The summed E-state index contributed by atoms with van der Waals surface area (Å²) >= 11 is 0. The zero-order valence-corrected chi connectivity index (χ0v) is 18.9. The van der Waals surface area contributed by atoms with Gasteiger partial charge in [0.05, 0.1) is 71.5 Å². The summed E-state index contributed by atoms with van der Waals surface area (Å²) in [7, 11) is 1.63. The highest BCUT2D eigenvalue weighted by Gasteiger charge is 2.51. The predicted molar refractivity (Wildman–Crippen MR) is 110 cm³/mol. The van der Waals surface area contributed by atoms with E-state index >= 15 is 0 Å². The second-order valence-corrected chi connectivity index (χ2v) is 7.00. The Labute approximate surface area is 180 Å². The van der Waals surface area contributed by atoms with E-state index in [1.54, 1.807) is 7.11 Å². The zero-order chi connectivity index (χ0) is 21.9. The summed E-state index contributed by atoms with van der Waals surface area (Å²) in [5.74, 6) is -0.219. The number of carbonyl (C=O) groups is 1. The summed E-state index contributed by atoms with van der Waals surface area (Å²) in [6, 6.07) is 0. The first-order chi connectivity index (χ1) is 14.7. The molecule has 0 spiro atoms. The topological polar surface area (TPSA) is 90.9 Å². The fourth-order valence-electron chi connectivity index (χ4n) is 2.54. The lowest BCUT2D eigenvalue weighted by Crippen LogP contribution is -2.32. The molecular formula is C21H40O9. The lowest BCUT2D eigenvalue weighted by atomic mass is 10.1. The van der Waals surface area contributed by atoms with Gasteiger partial charge in [-0.25, -0.2) is 0 Å². The van der Waals surface area contributed by atoms with Gasteiger partial charge in [0.15, 0.2) is 0 Å². The molecule has 1 aliphatic carbocycles. The van der Waals surface area contributed by atoms with Crippen molar-refractivity contribution in [2.45, 2.75) is 32.8 Å². The van der Waals surface area contributed by atoms with Crippen LogP contribution in [0.1, 0.15) is 26.7 Å². The smallest absolute Gasteiger partial charge is 0.314 e. The Hall–Kier alpha value is -0.810. The van der Waals surface area contributed by atoms with Gasteiger partial charge in [0.2, 0.25) is 0 Å². The van der Waals surface area contributed by atoms with Crippen LogP contribution in [0.15, 0.2) is 0 Å². The van der Waals surface area contributed by atoms with Gasteiger partial charge in [-0.1, -0.05) is 0 Å². The molecule has 0 amide bonds. The maximum absolute atomic E-state index is 12.4. The van der Waals surface area contributed by atoms with Crippen molar-refractivity contribution in [3.05, 3.63) is 0 Å². The van der Waals surface area contributed by atoms with Gasteiger partial charge in [0.25, 0.3) is 0 Å². The van der Waals surface area contributed by atoms with Crippen LogP contribution in [0.25, 0.3) is 0 Å². The molecule has 0 N–H and O–H groups in total. The highest BCUT2D eigenvalue weighted by atomic mass is 16.6. The molecule has 30 heavy (non-hydrogen) atoms. The molecular weight excluding hydrogens is 396 g/mol. The predicted octanol–water partition coefficient (Wildman–Crippen LogP) is 1.46. The fourth-order valence-corrected chi connectivity index (χ4v) is 2.54. The van der Waals surface area contributed by atoms with E-state index in [1.807, 2.05) is 13.8 Å². The average Bonchev–Trinajstić information content (AvgIpc) is 3.55. The van der Waals surface area contributed by atoms with Gasteiger partial charge in [-0.2, -0.15) is 0 Å². The minimum Gasteiger partial charge on any atom is -0.462 e. The largest absolute Gasteiger partial charge is 0.462 e. The third kappa shape index (κ3) is 12.8. The SMILES string of the molecule is CCOCCOCC(COC(=O)C1(COCC)CC1)OCCOCCOCCOC. The summed E-state index contributed by atoms with van der Waals surface area (Å²) in [6.45, 7) is 9.85. The van der Waals surface area contributed by atoms with Crippen LogP contribution in [0.5, 0.6) is 0 Å². The molecule has 0 aromatic heterocycles. The van der Waals surface area contributed by atoms with Crippen LogP contribution in [0, 0.1) is 5.41 Å². The minimum atomic E-state index is -0.470. The molecule has 1 rings (SSSR count). The number of hydrogen-bond donors (Lipinski definition) is 0. The molecule has 0 heterocycles. The molecule has 0 radical (unpaired) electrons.